The number of benzene rings is 1. The number of anilines is 2. The minimum Gasteiger partial charge on any atom is -0.363 e. The van der Waals surface area contributed by atoms with Crippen LogP contribution >= 0.6 is 0 Å². The zero-order valence-corrected chi connectivity index (χ0v) is 25.5. The molecule has 4 atom stereocenters. The van der Waals surface area contributed by atoms with Gasteiger partial charge in [0.2, 0.25) is 0 Å². The number of allylic oxidation sites excluding steroid dienone is 3. The van der Waals surface area contributed by atoms with Gasteiger partial charge in [-0.1, -0.05) is 32.6 Å². The first-order valence-corrected chi connectivity index (χ1v) is 15.4. The molecule has 4 heterocycles. The Kier molecular flexibility index (Phi) is 11.7. The molecular formula is C33H52N6O2. The number of fused-ring (bicyclic) bond motifs is 2. The second kappa shape index (κ2) is 15.4. The summed E-state index contributed by atoms with van der Waals surface area (Å²) in [4.78, 5) is 9.53. The van der Waals surface area contributed by atoms with Crippen molar-refractivity contribution < 1.29 is 10.9 Å². The van der Waals surface area contributed by atoms with Crippen LogP contribution in [0.5, 0.6) is 0 Å². The first-order valence-electron chi connectivity index (χ1n) is 15.4. The molecule has 1 saturated carbocycles. The molecule has 0 radical (unpaired) electrons. The Morgan fingerprint density at radius 3 is 2.80 bits per heavy atom. The molecule has 1 aromatic carbocycles. The highest BCUT2D eigenvalue weighted by Crippen LogP contribution is 2.50. The Balaban J connectivity index is 0.000000233. The third-order valence-electron chi connectivity index (χ3n) is 8.37. The molecule has 8 heteroatoms. The number of hydrogen-bond acceptors (Lipinski definition) is 8. The molecular weight excluding hydrogens is 512 g/mol. The zero-order chi connectivity index (χ0) is 29.2. The third kappa shape index (κ3) is 8.61. The Morgan fingerprint density at radius 2 is 1.98 bits per heavy atom. The van der Waals surface area contributed by atoms with Crippen LogP contribution in [0.15, 0.2) is 59.3 Å². The lowest BCUT2D eigenvalue weighted by Gasteiger charge is -2.28. The Bertz CT molecular complexity index is 1130. The van der Waals surface area contributed by atoms with Crippen molar-refractivity contribution in [1.29, 1.82) is 5.41 Å². The van der Waals surface area contributed by atoms with Crippen LogP contribution in [0.25, 0.3) is 0 Å². The molecule has 0 spiro atoms. The lowest BCUT2D eigenvalue weighted by molar-refractivity contribution is -0.0539. The second-order valence-corrected chi connectivity index (χ2v) is 11.4. The smallest absolute Gasteiger partial charge is 0.148 e. The molecule has 226 valence electrons. The van der Waals surface area contributed by atoms with Gasteiger partial charge in [0.05, 0.1) is 23.7 Å². The summed E-state index contributed by atoms with van der Waals surface area (Å²) in [5.74, 6) is 1.12. The Labute approximate surface area is 248 Å². The maximum atomic E-state index is 7.08. The van der Waals surface area contributed by atoms with Crippen molar-refractivity contribution in [2.75, 3.05) is 57.4 Å². The molecule has 8 nitrogen and oxygen atoms in total. The molecule has 0 aromatic heterocycles. The molecule has 6 rings (SSSR count). The van der Waals surface area contributed by atoms with E-state index < -0.39 is 0 Å². The molecule has 2 saturated heterocycles. The maximum Gasteiger partial charge on any atom is 0.148 e. The van der Waals surface area contributed by atoms with Crippen LogP contribution in [0, 0.1) is 24.2 Å². The van der Waals surface area contributed by atoms with Gasteiger partial charge in [0, 0.05) is 38.8 Å². The Morgan fingerprint density at radius 1 is 1.15 bits per heavy atom. The first-order chi connectivity index (χ1) is 20.0. The number of aryl methyl sites for hydroxylation is 1. The van der Waals surface area contributed by atoms with Gasteiger partial charge in [-0.05, 0) is 93.6 Å². The molecule has 1 aromatic rings. The number of nitrogens with one attached hydrogen (secondary N) is 3. The molecule has 0 bridgehead atoms. The van der Waals surface area contributed by atoms with Crippen LogP contribution in [-0.4, -0.2) is 80.7 Å². The topological polar surface area (TPSA) is 85.2 Å². The fourth-order valence-electron chi connectivity index (χ4n) is 6.07. The highest BCUT2D eigenvalue weighted by atomic mass is 16.7. The molecule has 4 unspecified atom stereocenters. The lowest BCUT2D eigenvalue weighted by atomic mass is 9.98. The third-order valence-corrected chi connectivity index (χ3v) is 8.37. The van der Waals surface area contributed by atoms with Crippen molar-refractivity contribution in [3.8, 4) is 0 Å². The fourth-order valence-corrected chi connectivity index (χ4v) is 6.07. The minimum atomic E-state index is 0. The molecule has 0 amide bonds. The van der Waals surface area contributed by atoms with E-state index in [0.717, 1.165) is 37.6 Å². The van der Waals surface area contributed by atoms with Crippen LogP contribution in [-0.2, 0) is 9.47 Å². The van der Waals surface area contributed by atoms with E-state index in [2.05, 4.69) is 64.2 Å². The van der Waals surface area contributed by atoms with Crippen LogP contribution in [0.3, 0.4) is 0 Å². The van der Waals surface area contributed by atoms with Crippen molar-refractivity contribution in [3.63, 3.8) is 0 Å². The van der Waals surface area contributed by atoms with E-state index in [1.807, 2.05) is 26.1 Å². The normalized spacial score (nSPS) is 27.5. The van der Waals surface area contributed by atoms with Crippen molar-refractivity contribution >= 4 is 23.3 Å². The monoisotopic (exact) mass is 564 g/mol. The van der Waals surface area contributed by atoms with Gasteiger partial charge in [-0.25, -0.2) is 0 Å². The van der Waals surface area contributed by atoms with Crippen LogP contribution < -0.4 is 10.6 Å². The highest BCUT2D eigenvalue weighted by Gasteiger charge is 2.46. The number of aliphatic imine (C=N–C) groups is 1. The SMILES string of the molecule is C=C(/C=C\C=N)C1=NC=C(CC2Nc3ccc(C)cc3N2)C2CC12.CC.CN1CCCC(N2CCOCOC2)CC1.[HH]. The van der Waals surface area contributed by atoms with Crippen molar-refractivity contribution in [3.05, 3.63) is 59.8 Å². The van der Waals surface area contributed by atoms with Gasteiger partial charge in [-0.15, -0.1) is 0 Å². The van der Waals surface area contributed by atoms with E-state index in [1.54, 1.807) is 6.08 Å². The summed E-state index contributed by atoms with van der Waals surface area (Å²) >= 11 is 0. The number of hydrogen-bond donors (Lipinski definition) is 3. The number of rotatable bonds is 6. The largest absolute Gasteiger partial charge is 0.363 e. The van der Waals surface area contributed by atoms with Gasteiger partial charge in [0.25, 0.3) is 0 Å². The zero-order valence-electron chi connectivity index (χ0n) is 25.5. The van der Waals surface area contributed by atoms with Crippen molar-refractivity contribution in [1.82, 2.24) is 9.80 Å². The van der Waals surface area contributed by atoms with Crippen molar-refractivity contribution in [2.24, 2.45) is 16.8 Å². The Hall–Kier alpha value is -2.78. The number of ether oxygens (including phenoxy) is 2. The summed E-state index contributed by atoms with van der Waals surface area (Å²) in [6, 6.07) is 7.16. The molecule has 1 aliphatic carbocycles. The van der Waals surface area contributed by atoms with Gasteiger partial charge in [-0.3, -0.25) is 9.89 Å². The van der Waals surface area contributed by atoms with Crippen molar-refractivity contribution in [2.45, 2.75) is 65.1 Å². The van der Waals surface area contributed by atoms with Crippen LogP contribution in [0.4, 0.5) is 11.4 Å². The van der Waals surface area contributed by atoms with Crippen LogP contribution in [0.1, 0.15) is 52.9 Å². The fraction of sp³-hybridized carbons (Fsp3) is 0.576. The van der Waals surface area contributed by atoms with Gasteiger partial charge < -0.3 is 30.4 Å². The molecule has 4 aliphatic heterocycles. The summed E-state index contributed by atoms with van der Waals surface area (Å²) in [6.07, 6.45) is 13.1. The lowest BCUT2D eigenvalue weighted by Crippen LogP contribution is -2.38. The van der Waals surface area contributed by atoms with Crippen LogP contribution in [0.2, 0.25) is 0 Å². The van der Waals surface area contributed by atoms with Gasteiger partial charge in [-0.2, -0.15) is 0 Å². The number of nitrogens with zero attached hydrogens (tertiary/aromatic N) is 3. The predicted octanol–water partition coefficient (Wildman–Crippen LogP) is 6.29. The van der Waals surface area contributed by atoms with E-state index in [0.29, 0.717) is 24.7 Å². The quantitative estimate of drug-likeness (QED) is 0.278. The second-order valence-electron chi connectivity index (χ2n) is 11.4. The van der Waals surface area contributed by atoms with E-state index in [-0.39, 0.29) is 7.59 Å². The summed E-state index contributed by atoms with van der Waals surface area (Å²) in [5, 5.41) is 14.2. The standard InChI is InChI=1S/C20H22N4.C11H22N2O2.C2H6.H2/c1-12-5-6-17-18(8-12)24-19(23-17)9-14-11-22-20(16-10-15(14)16)13(2)4-3-7-21;1-12-5-2-3-11(4-6-12)13-7-8-14-10-15-9-13;1-2;/h3-8,11,15-16,19,21,23-24H,2,9-10H2,1H3;11H,2-10H2,1H3;1-2H3;1H/b4-3-,21-7?;;;. The summed E-state index contributed by atoms with van der Waals surface area (Å²) in [6.45, 7) is 15.7. The van der Waals surface area contributed by atoms with E-state index in [1.165, 1.54) is 67.5 Å². The summed E-state index contributed by atoms with van der Waals surface area (Å²) in [7, 11) is 2.21. The van der Waals surface area contributed by atoms with Gasteiger partial charge >= 0.3 is 0 Å². The molecule has 3 fully saturated rings. The summed E-state index contributed by atoms with van der Waals surface area (Å²) < 4.78 is 10.7. The maximum absolute atomic E-state index is 7.08. The van der Waals surface area contributed by atoms with E-state index in [4.69, 9.17) is 14.9 Å². The average molecular weight is 565 g/mol. The minimum absolute atomic E-state index is 0. The average Bonchev–Trinajstić information content (AvgIpc) is 3.77. The van der Waals surface area contributed by atoms with Gasteiger partial charge in [0.1, 0.15) is 19.7 Å². The molecule has 41 heavy (non-hydrogen) atoms. The molecule has 3 N–H and O–H groups in total. The summed E-state index contributed by atoms with van der Waals surface area (Å²) in [5.41, 5.74) is 7.09. The van der Waals surface area contributed by atoms with Gasteiger partial charge in [0.15, 0.2) is 0 Å². The van der Waals surface area contributed by atoms with E-state index in [9.17, 15) is 0 Å². The number of likely N-dealkylation sites (tertiary alicyclic amines) is 1. The van der Waals surface area contributed by atoms with E-state index >= 15 is 0 Å². The highest BCUT2D eigenvalue weighted by molar-refractivity contribution is 6.07. The predicted molar refractivity (Wildman–Crippen MR) is 173 cm³/mol. The molecule has 5 aliphatic rings. The first kappa shape index (κ1) is 31.2.